The summed E-state index contributed by atoms with van der Waals surface area (Å²) in [6.07, 6.45) is 26.1. The fourth-order valence-corrected chi connectivity index (χ4v) is 20.1. The summed E-state index contributed by atoms with van der Waals surface area (Å²) in [4.78, 5) is 32.7. The molecule has 12 aromatic carbocycles. The lowest BCUT2D eigenvalue weighted by Gasteiger charge is -2.38. The second-order valence-corrected chi connectivity index (χ2v) is 34.9. The Labute approximate surface area is 747 Å². The van der Waals surface area contributed by atoms with Crippen molar-refractivity contribution in [1.82, 2.24) is 19.9 Å². The molecule has 4 unspecified atom stereocenters. The number of pyridine rings is 4. The summed E-state index contributed by atoms with van der Waals surface area (Å²) in [5.74, 6) is 3.27. The number of ether oxygens (including phenoxy) is 9. The van der Waals surface area contributed by atoms with E-state index in [1.54, 1.807) is 0 Å². The molecule has 16 aromatic rings. The van der Waals surface area contributed by atoms with E-state index in [2.05, 4.69) is 235 Å². The van der Waals surface area contributed by atoms with Crippen molar-refractivity contribution in [3.8, 4) is 90.5 Å². The maximum absolute atomic E-state index is 15.2. The van der Waals surface area contributed by atoms with Gasteiger partial charge in [-0.25, -0.2) is 4.79 Å². The molecular formula is C114H102N4O10. The third-order valence-electron chi connectivity index (χ3n) is 26.9. The molecule has 8 bridgehead atoms. The van der Waals surface area contributed by atoms with Crippen LogP contribution < -0.4 is 37.9 Å². The van der Waals surface area contributed by atoms with Gasteiger partial charge in [-0.2, -0.15) is 0 Å². The molecule has 4 atom stereocenters. The van der Waals surface area contributed by atoms with Gasteiger partial charge in [0.15, 0.2) is 0 Å². The van der Waals surface area contributed by atoms with Gasteiger partial charge < -0.3 is 42.6 Å². The minimum atomic E-state index is -1.04. The normalized spacial score (nSPS) is 18.0. The molecule has 4 aromatic heterocycles. The van der Waals surface area contributed by atoms with Gasteiger partial charge >= 0.3 is 5.97 Å². The van der Waals surface area contributed by atoms with Crippen LogP contribution in [0.4, 0.5) is 0 Å². The van der Waals surface area contributed by atoms with E-state index in [1.165, 1.54) is 0 Å². The molecule has 21 rings (SSSR count). The molecule has 0 N–H and O–H groups in total. The molecule has 0 radical (unpaired) electrons. The van der Waals surface area contributed by atoms with E-state index in [1.807, 2.05) is 104 Å². The van der Waals surface area contributed by atoms with Gasteiger partial charge in [-0.1, -0.05) is 243 Å². The van der Waals surface area contributed by atoms with Crippen molar-refractivity contribution in [2.75, 3.05) is 6.61 Å². The summed E-state index contributed by atoms with van der Waals surface area (Å²) in [5, 5.41) is 6.40. The first-order chi connectivity index (χ1) is 63.2. The van der Waals surface area contributed by atoms with Crippen LogP contribution >= 0.6 is 0 Å². The van der Waals surface area contributed by atoms with Crippen molar-refractivity contribution < 1.29 is 47.4 Å². The highest BCUT2D eigenvalue weighted by molar-refractivity contribution is 6.26. The Balaban J connectivity index is 0.821. The molecule has 0 spiro atoms. The van der Waals surface area contributed by atoms with E-state index in [0.717, 1.165) is 240 Å². The highest BCUT2D eigenvalue weighted by Crippen LogP contribution is 2.59. The summed E-state index contributed by atoms with van der Waals surface area (Å²) >= 11 is 0. The number of aromatic nitrogens is 4. The number of hydrogen-bond donors (Lipinski definition) is 0. The SMILES string of the molecule is CCCCCCC1c2cc3c4cc2OC(c2ccc(-c5ccncc5)cc2)Oc2cc5c(cc21)C(CCCCCC)c1cc2c(cc1OC(c1ccc(-c6ccncc6)cc1)O5)OC(c1ccc(-c5ccncc5)cc1)Oc1cc(c(cc1C2CCCOC(=O)c1ccc2ccc5cccc6ccc1c2c56)C3CCCCCC)OC(c1ccc(-c2ccncc2)cc1)O4. The Morgan fingerprint density at radius 1 is 0.266 bits per heavy atom. The van der Waals surface area contributed by atoms with Crippen LogP contribution in [0.2, 0.25) is 0 Å². The fraction of sp³-hybridized carbons (Fsp3) is 0.254. The van der Waals surface area contributed by atoms with Crippen molar-refractivity contribution in [2.24, 2.45) is 0 Å². The average molecular weight is 1690 g/mol. The van der Waals surface area contributed by atoms with E-state index >= 15 is 4.79 Å². The molecular weight excluding hydrogens is 1590 g/mol. The number of carbonyl (C=O) groups excluding carboxylic acids is 1. The summed E-state index contributed by atoms with van der Waals surface area (Å²) in [6, 6.07) is 87.5. The van der Waals surface area contributed by atoms with Crippen molar-refractivity contribution in [3.05, 3.63) is 371 Å². The van der Waals surface area contributed by atoms with Crippen molar-refractivity contribution in [2.45, 2.75) is 179 Å². The maximum Gasteiger partial charge on any atom is 0.338 e. The van der Waals surface area contributed by atoms with Crippen LogP contribution in [-0.2, 0) is 4.74 Å². The first-order valence-electron chi connectivity index (χ1n) is 46.1. The summed E-state index contributed by atoms with van der Waals surface area (Å²) in [6.45, 7) is 6.96. The molecule has 638 valence electrons. The quantitative estimate of drug-likeness (QED) is 0.0260. The number of nitrogens with zero attached hydrogens (tertiary/aromatic N) is 4. The second-order valence-electron chi connectivity index (χ2n) is 34.9. The lowest BCUT2D eigenvalue weighted by Crippen LogP contribution is -2.26. The van der Waals surface area contributed by atoms with Gasteiger partial charge in [-0.05, 0) is 188 Å². The Kier molecular flexibility index (Phi) is 23.0. The Morgan fingerprint density at radius 2 is 0.523 bits per heavy atom. The van der Waals surface area contributed by atoms with Gasteiger partial charge in [-0.3, -0.25) is 19.9 Å². The van der Waals surface area contributed by atoms with Gasteiger partial charge in [0.1, 0.15) is 46.0 Å². The number of rotatable bonds is 28. The van der Waals surface area contributed by atoms with Gasteiger partial charge in [0, 0.05) is 164 Å². The summed E-state index contributed by atoms with van der Waals surface area (Å²) in [7, 11) is 0. The fourth-order valence-electron chi connectivity index (χ4n) is 20.1. The standard InChI is InChI=1S/C114H102N4O10/c1-4-7-10-13-20-86-92-63-94-87(21-14-11-8-5-2)96-65-98-89(23-17-62-120-110(119)91-45-43-81-33-32-79-18-16-19-80-42-44-90(91)109(81)108(79)80)99-66-97-88(22-15-12-9-6-3)95-64-93(86)101-68-103(95)124-113(84-38-28-73(29-39-84)77-50-58-117-59-51-77)126-105(97)70-107(99)128-114(85-40-30-74(31-41-85)78-52-60-118-61-53-78)127-106(98)69-104(96)125-112(83-36-26-72(27-37-83)76-48-56-116-57-49-76)123-102(94)67-100(92)121-111(122-101)82-34-24-71(25-35-82)75-46-54-115-55-47-75/h16,18-19,24-61,63-70,86-89,111-114H,4-15,17,20-23,62H2,1-3H3. The average Bonchev–Trinajstić information content (AvgIpc) is 0.741. The van der Waals surface area contributed by atoms with Crippen LogP contribution in [0.3, 0.4) is 0 Å². The summed E-state index contributed by atoms with van der Waals surface area (Å²) < 4.78 is 69.3. The van der Waals surface area contributed by atoms with Crippen molar-refractivity contribution >= 4 is 38.3 Å². The lowest BCUT2D eigenvalue weighted by atomic mass is 9.76. The van der Waals surface area contributed by atoms with E-state index in [9.17, 15) is 0 Å². The lowest BCUT2D eigenvalue weighted by molar-refractivity contribution is -0.0121. The zero-order chi connectivity index (χ0) is 86.0. The van der Waals surface area contributed by atoms with E-state index in [4.69, 9.17) is 42.6 Å². The van der Waals surface area contributed by atoms with Crippen molar-refractivity contribution in [1.29, 1.82) is 0 Å². The molecule has 14 heteroatoms. The van der Waals surface area contributed by atoms with E-state index in [-0.39, 0.29) is 30.3 Å². The van der Waals surface area contributed by atoms with Crippen LogP contribution in [0, 0.1) is 0 Å². The predicted molar refractivity (Wildman–Crippen MR) is 504 cm³/mol. The highest BCUT2D eigenvalue weighted by atomic mass is 16.7. The molecule has 0 fully saturated rings. The zero-order valence-corrected chi connectivity index (χ0v) is 72.5. The topological polar surface area (TPSA) is 152 Å². The maximum atomic E-state index is 15.2. The second kappa shape index (κ2) is 36.2. The molecule has 0 amide bonds. The van der Waals surface area contributed by atoms with Gasteiger partial charge in [0.05, 0.1) is 12.2 Å². The van der Waals surface area contributed by atoms with Crippen LogP contribution in [0.15, 0.2) is 298 Å². The Hall–Kier alpha value is -13.9. The van der Waals surface area contributed by atoms with Gasteiger partial charge in [0.2, 0.25) is 0 Å². The first kappa shape index (κ1) is 81.2. The van der Waals surface area contributed by atoms with Crippen molar-refractivity contribution in [3.63, 3.8) is 0 Å². The van der Waals surface area contributed by atoms with Crippen LogP contribution in [0.25, 0.3) is 76.8 Å². The van der Waals surface area contributed by atoms with Crippen LogP contribution in [0.1, 0.15) is 256 Å². The number of carbonyl (C=O) groups is 1. The molecule has 5 aliphatic rings. The molecule has 128 heavy (non-hydrogen) atoms. The molecule has 1 aliphatic carbocycles. The van der Waals surface area contributed by atoms with Gasteiger partial charge in [0.25, 0.3) is 25.2 Å². The number of hydrogen-bond acceptors (Lipinski definition) is 14. The molecule has 8 heterocycles. The predicted octanol–water partition coefficient (Wildman–Crippen LogP) is 29.1. The smallest absolute Gasteiger partial charge is 0.338 e. The number of benzene rings is 12. The zero-order valence-electron chi connectivity index (χ0n) is 72.5. The minimum Gasteiger partial charge on any atom is -0.462 e. The van der Waals surface area contributed by atoms with E-state index in [0.29, 0.717) is 64.4 Å². The minimum absolute atomic E-state index is 0.120. The van der Waals surface area contributed by atoms with Gasteiger partial charge in [-0.15, -0.1) is 0 Å². The van der Waals surface area contributed by atoms with E-state index < -0.39 is 31.1 Å². The molecule has 0 saturated heterocycles. The molecule has 14 nitrogen and oxygen atoms in total. The Morgan fingerprint density at radius 3 is 0.812 bits per heavy atom. The summed E-state index contributed by atoms with van der Waals surface area (Å²) in [5.41, 5.74) is 20.0. The molecule has 4 aliphatic heterocycles. The highest BCUT2D eigenvalue weighted by Gasteiger charge is 2.42. The third kappa shape index (κ3) is 16.2. The molecule has 0 saturated carbocycles. The number of esters is 1. The van der Waals surface area contributed by atoms with Crippen LogP contribution in [-0.4, -0.2) is 32.5 Å². The largest absolute Gasteiger partial charge is 0.462 e. The first-order valence-corrected chi connectivity index (χ1v) is 46.1. The third-order valence-corrected chi connectivity index (χ3v) is 26.9. The van der Waals surface area contributed by atoms with Crippen LogP contribution in [0.5, 0.6) is 46.0 Å². The Bertz CT molecular complexity index is 6410. The monoisotopic (exact) mass is 1690 g/mol. The number of unbranched alkanes of at least 4 members (excludes halogenated alkanes) is 9.